The molecule has 8 nitrogen and oxygen atoms in total. The number of phosphoric ester groups is 1. The second-order valence-electron chi connectivity index (χ2n) is 0.848. The zero-order valence-corrected chi connectivity index (χ0v) is 5.82. The van der Waals surface area contributed by atoms with Crippen LogP contribution in [-0.4, -0.2) is 21.0 Å². The fourth-order valence-electron chi connectivity index (χ4n) is 0.102. The lowest BCUT2D eigenvalue weighted by atomic mass is 11.5. The van der Waals surface area contributed by atoms with Crippen molar-refractivity contribution in [1.82, 2.24) is 12.3 Å². The summed E-state index contributed by atoms with van der Waals surface area (Å²) in [6, 6.07) is 0. The first kappa shape index (κ1) is 16.2. The van der Waals surface area contributed by atoms with Crippen LogP contribution in [0.5, 0.6) is 0 Å². The van der Waals surface area contributed by atoms with E-state index in [0.29, 0.717) is 0 Å². The number of rotatable bonds is 1. The average molecular weight is 176 g/mol. The van der Waals surface area contributed by atoms with Crippen LogP contribution in [-0.2, 0) is 9.09 Å². The Morgan fingerprint density at radius 3 is 1.60 bits per heavy atom. The molecule has 0 aromatic heterocycles. The highest BCUT2D eigenvalue weighted by Crippen LogP contribution is 2.35. The summed E-state index contributed by atoms with van der Waals surface area (Å²) in [5.41, 5.74) is 0. The van der Waals surface area contributed by atoms with Gasteiger partial charge in [0, 0.05) is 0 Å². The van der Waals surface area contributed by atoms with Gasteiger partial charge in [0.05, 0.1) is 0 Å². The van der Waals surface area contributed by atoms with E-state index in [4.69, 9.17) is 14.9 Å². The Balaban J connectivity index is -0.000000245. The smallest absolute Gasteiger partial charge is 0.449 e. The van der Waals surface area contributed by atoms with Crippen LogP contribution < -0.4 is 12.3 Å². The zero-order chi connectivity index (χ0) is 6.78. The minimum Gasteiger partial charge on any atom is -0.449 e. The first-order valence-electron chi connectivity index (χ1n) is 1.40. The van der Waals surface area contributed by atoms with Crippen LogP contribution in [0.4, 0.5) is 4.79 Å². The predicted molar refractivity (Wildman–Crippen MR) is 31.2 cm³/mol. The van der Waals surface area contributed by atoms with Gasteiger partial charge in [-0.05, 0) is 0 Å². The van der Waals surface area contributed by atoms with Gasteiger partial charge in [0.25, 0.3) is 0 Å². The summed E-state index contributed by atoms with van der Waals surface area (Å²) in [6.07, 6.45) is -1.99. The summed E-state index contributed by atoms with van der Waals surface area (Å²) in [4.78, 5) is 24.7. The van der Waals surface area contributed by atoms with Crippen molar-refractivity contribution in [1.29, 1.82) is 0 Å². The third-order valence-electron chi connectivity index (χ3n) is 0.197. The molecular formula is CH9N2O6P. The quantitative estimate of drug-likeness (QED) is 0.349. The molecule has 0 fully saturated rings. The van der Waals surface area contributed by atoms with Crippen molar-refractivity contribution in [2.75, 3.05) is 0 Å². The van der Waals surface area contributed by atoms with Crippen LogP contribution in [0.3, 0.4) is 0 Å². The maximum Gasteiger partial charge on any atom is 0.529 e. The summed E-state index contributed by atoms with van der Waals surface area (Å²) in [7, 11) is -4.82. The summed E-state index contributed by atoms with van der Waals surface area (Å²) in [5, 5.41) is 7.53. The van der Waals surface area contributed by atoms with Crippen LogP contribution >= 0.6 is 7.82 Å². The molecule has 9 heteroatoms. The molecule has 0 atom stereocenters. The Bertz CT molecular complexity index is 139. The molecule has 0 spiro atoms. The van der Waals surface area contributed by atoms with Crippen molar-refractivity contribution < 1.29 is 28.8 Å². The average Bonchev–Trinajstić information content (AvgIpc) is 1.21. The molecule has 0 aliphatic carbocycles. The number of carbonyl (C=O) groups is 1. The van der Waals surface area contributed by atoms with Gasteiger partial charge in [0.1, 0.15) is 0 Å². The second-order valence-corrected chi connectivity index (χ2v) is 2.01. The van der Waals surface area contributed by atoms with E-state index in [-0.39, 0.29) is 12.3 Å². The molecule has 0 unspecified atom stereocenters. The number of carboxylic acid groups (broad SMARTS) is 1. The number of hydrogen-bond donors (Lipinski definition) is 5. The van der Waals surface area contributed by atoms with Crippen molar-refractivity contribution in [3.63, 3.8) is 0 Å². The number of hydrogen-bond acceptors (Lipinski definition) is 5. The molecule has 9 N–H and O–H groups in total. The second kappa shape index (κ2) is 5.15. The Morgan fingerprint density at radius 2 is 1.60 bits per heavy atom. The van der Waals surface area contributed by atoms with Crippen LogP contribution in [0, 0.1) is 0 Å². The summed E-state index contributed by atoms with van der Waals surface area (Å²) in [5.74, 6) is 0. The van der Waals surface area contributed by atoms with E-state index in [0.717, 1.165) is 0 Å². The molecule has 0 aromatic rings. The molecule has 0 heterocycles. The lowest BCUT2D eigenvalue weighted by Crippen LogP contribution is -1.95. The third kappa shape index (κ3) is 15.7. The standard InChI is InChI=1S/CH3O6P.2H3N/c2-1(3)7-8(4,5)6;;/h(H,2,3)(H2,4,5,6);2*1H3. The van der Waals surface area contributed by atoms with Gasteiger partial charge < -0.3 is 21.9 Å². The topological polar surface area (TPSA) is 174 Å². The van der Waals surface area contributed by atoms with Crippen LogP contribution in [0.25, 0.3) is 0 Å². The molecule has 10 heavy (non-hydrogen) atoms. The first-order valence-corrected chi connectivity index (χ1v) is 2.93. The molecule has 0 aliphatic rings. The minimum atomic E-state index is -4.82. The molecule has 0 saturated carbocycles. The Morgan fingerprint density at radius 1 is 1.30 bits per heavy atom. The van der Waals surface area contributed by atoms with Crippen molar-refractivity contribution in [2.24, 2.45) is 0 Å². The van der Waals surface area contributed by atoms with Crippen molar-refractivity contribution >= 4 is 14.0 Å². The Labute approximate surface area is 56.2 Å². The van der Waals surface area contributed by atoms with Gasteiger partial charge in [-0.3, -0.25) is 9.79 Å². The molecule has 0 amide bonds. The molecule has 0 aromatic carbocycles. The summed E-state index contributed by atoms with van der Waals surface area (Å²) in [6.45, 7) is 0. The minimum absolute atomic E-state index is 0. The molecule has 64 valence electrons. The van der Waals surface area contributed by atoms with E-state index in [9.17, 15) is 9.36 Å². The van der Waals surface area contributed by atoms with Crippen molar-refractivity contribution in [3.05, 3.63) is 0 Å². The van der Waals surface area contributed by atoms with E-state index in [1.807, 2.05) is 0 Å². The number of phosphoric acid groups is 1. The van der Waals surface area contributed by atoms with Crippen molar-refractivity contribution in [3.8, 4) is 0 Å². The summed E-state index contributed by atoms with van der Waals surface area (Å²) < 4.78 is 12.6. The van der Waals surface area contributed by atoms with E-state index < -0.39 is 14.0 Å². The van der Waals surface area contributed by atoms with E-state index >= 15 is 0 Å². The van der Waals surface area contributed by atoms with Crippen LogP contribution in [0.2, 0.25) is 0 Å². The third-order valence-corrected chi connectivity index (χ3v) is 0.591. The van der Waals surface area contributed by atoms with Gasteiger partial charge in [-0.15, -0.1) is 0 Å². The lowest BCUT2D eigenvalue weighted by Gasteiger charge is -1.97. The fraction of sp³-hybridized carbons (Fsp3) is 0. The summed E-state index contributed by atoms with van der Waals surface area (Å²) >= 11 is 0. The Hall–Kier alpha value is -0.660. The van der Waals surface area contributed by atoms with Crippen molar-refractivity contribution in [2.45, 2.75) is 0 Å². The SMILES string of the molecule is N.N.O=C(O)OP(=O)(O)O. The molecule has 0 radical (unpaired) electrons. The van der Waals surface area contributed by atoms with Crippen LogP contribution in [0.1, 0.15) is 0 Å². The van der Waals surface area contributed by atoms with E-state index in [1.54, 1.807) is 0 Å². The highest BCUT2D eigenvalue weighted by atomic mass is 31.2. The first-order chi connectivity index (χ1) is 3.42. The molecule has 0 bridgehead atoms. The predicted octanol–water partition coefficient (Wildman–Crippen LogP) is 0.0977. The van der Waals surface area contributed by atoms with Gasteiger partial charge in [0.15, 0.2) is 0 Å². The molecule has 0 saturated heterocycles. The largest absolute Gasteiger partial charge is 0.529 e. The van der Waals surface area contributed by atoms with Gasteiger partial charge in [-0.1, -0.05) is 0 Å². The lowest BCUT2D eigenvalue weighted by molar-refractivity contribution is 0.126. The Kier molecular flexibility index (Phi) is 8.32. The maximum absolute atomic E-state index is 9.53. The maximum atomic E-state index is 9.53. The normalized spacial score (nSPS) is 8.60. The molecule has 0 rings (SSSR count). The zero-order valence-electron chi connectivity index (χ0n) is 4.93. The van der Waals surface area contributed by atoms with E-state index in [2.05, 4.69) is 4.52 Å². The van der Waals surface area contributed by atoms with Crippen LogP contribution in [0.15, 0.2) is 0 Å². The highest BCUT2D eigenvalue weighted by Gasteiger charge is 2.18. The van der Waals surface area contributed by atoms with Gasteiger partial charge in [-0.2, -0.15) is 0 Å². The highest BCUT2D eigenvalue weighted by molar-refractivity contribution is 7.46. The molecule has 0 aliphatic heterocycles. The van der Waals surface area contributed by atoms with E-state index in [1.165, 1.54) is 0 Å². The fourth-order valence-corrected chi connectivity index (χ4v) is 0.305. The van der Waals surface area contributed by atoms with Gasteiger partial charge >= 0.3 is 14.0 Å². The molecular weight excluding hydrogens is 167 g/mol. The van der Waals surface area contributed by atoms with Gasteiger partial charge in [0.2, 0.25) is 0 Å². The monoisotopic (exact) mass is 176 g/mol. The van der Waals surface area contributed by atoms with Gasteiger partial charge in [-0.25, -0.2) is 9.36 Å².